The van der Waals surface area contributed by atoms with Gasteiger partial charge in [0.25, 0.3) is 5.91 Å². The fourth-order valence-corrected chi connectivity index (χ4v) is 3.46. The second-order valence-electron chi connectivity index (χ2n) is 7.05. The first-order chi connectivity index (χ1) is 14.3. The number of ether oxygens (including phenoxy) is 1. The maximum Gasteiger partial charge on any atom is 0.255 e. The van der Waals surface area contributed by atoms with Crippen molar-refractivity contribution in [2.24, 2.45) is 0 Å². The van der Waals surface area contributed by atoms with Crippen LogP contribution in [0.4, 0.5) is 5.69 Å². The van der Waals surface area contributed by atoms with Gasteiger partial charge in [0.15, 0.2) is 0 Å². The van der Waals surface area contributed by atoms with Crippen molar-refractivity contribution in [1.82, 2.24) is 9.47 Å². The zero-order chi connectivity index (χ0) is 21.8. The Hall–Kier alpha value is -3.25. The Morgan fingerprint density at radius 2 is 1.67 bits per heavy atom. The number of carbonyl (C=O) groups excluding carboxylic acids is 2. The summed E-state index contributed by atoms with van der Waals surface area (Å²) in [6, 6.07) is 16.3. The molecule has 0 atom stereocenters. The number of anilines is 1. The summed E-state index contributed by atoms with van der Waals surface area (Å²) in [5.41, 5.74) is 3.93. The number of likely N-dealkylation sites (N-methyl/N-ethyl adjacent to an activating group) is 1. The quantitative estimate of drug-likeness (QED) is 0.633. The lowest BCUT2D eigenvalue weighted by atomic mass is 10.1. The molecule has 0 radical (unpaired) electrons. The molecule has 0 aliphatic heterocycles. The predicted molar refractivity (Wildman–Crippen MR) is 119 cm³/mol. The maximum absolute atomic E-state index is 13.0. The highest BCUT2D eigenvalue weighted by atomic mass is 35.5. The Balaban J connectivity index is 1.73. The maximum atomic E-state index is 13.0. The molecule has 0 fully saturated rings. The summed E-state index contributed by atoms with van der Waals surface area (Å²) in [5.74, 6) is 0.0672. The van der Waals surface area contributed by atoms with Crippen molar-refractivity contribution < 1.29 is 14.3 Å². The van der Waals surface area contributed by atoms with Gasteiger partial charge in [0, 0.05) is 29.8 Å². The molecular weight excluding hydrogens is 402 g/mol. The van der Waals surface area contributed by atoms with Crippen molar-refractivity contribution in [3.63, 3.8) is 0 Å². The summed E-state index contributed by atoms with van der Waals surface area (Å²) in [6.45, 7) is 3.89. The van der Waals surface area contributed by atoms with Gasteiger partial charge >= 0.3 is 0 Å². The number of hydrogen-bond acceptors (Lipinski definition) is 3. The molecule has 1 aromatic heterocycles. The van der Waals surface area contributed by atoms with E-state index in [2.05, 4.69) is 5.32 Å². The van der Waals surface area contributed by atoms with E-state index in [-0.39, 0.29) is 18.4 Å². The van der Waals surface area contributed by atoms with Crippen molar-refractivity contribution >= 4 is 29.1 Å². The summed E-state index contributed by atoms with van der Waals surface area (Å²) < 4.78 is 7.15. The first-order valence-electron chi connectivity index (χ1n) is 9.44. The van der Waals surface area contributed by atoms with E-state index in [1.807, 2.05) is 36.6 Å². The molecule has 156 valence electrons. The molecule has 30 heavy (non-hydrogen) atoms. The average Bonchev–Trinajstić information content (AvgIpc) is 3.06. The Bertz CT molecular complexity index is 1050. The third-order valence-corrected chi connectivity index (χ3v) is 5.14. The molecule has 3 aromatic rings. The Morgan fingerprint density at radius 1 is 1.03 bits per heavy atom. The molecule has 1 heterocycles. The number of aryl methyl sites for hydroxylation is 2. The van der Waals surface area contributed by atoms with Crippen LogP contribution in [0.3, 0.4) is 0 Å². The summed E-state index contributed by atoms with van der Waals surface area (Å²) in [4.78, 5) is 26.7. The van der Waals surface area contributed by atoms with Crippen LogP contribution in [0.15, 0.2) is 54.6 Å². The number of amides is 2. The van der Waals surface area contributed by atoms with E-state index in [1.165, 1.54) is 4.90 Å². The second-order valence-corrected chi connectivity index (χ2v) is 7.46. The van der Waals surface area contributed by atoms with Crippen LogP contribution < -0.4 is 10.1 Å². The minimum Gasteiger partial charge on any atom is -0.497 e. The normalized spacial score (nSPS) is 10.6. The molecule has 0 saturated heterocycles. The van der Waals surface area contributed by atoms with Gasteiger partial charge in [-0.1, -0.05) is 11.6 Å². The molecule has 2 amide bonds. The SMILES string of the molecule is COc1ccc(NC(=O)CN(C)C(=O)c2cc(-n3c(C)ccc3C)ccc2Cl)cc1. The molecule has 6 nitrogen and oxygen atoms in total. The zero-order valence-corrected chi connectivity index (χ0v) is 18.2. The van der Waals surface area contributed by atoms with Crippen molar-refractivity contribution in [1.29, 1.82) is 0 Å². The molecule has 0 spiro atoms. The first kappa shape index (κ1) is 21.5. The Morgan fingerprint density at radius 3 is 2.27 bits per heavy atom. The van der Waals surface area contributed by atoms with Crippen LogP contribution in [0.25, 0.3) is 5.69 Å². The summed E-state index contributed by atoms with van der Waals surface area (Å²) >= 11 is 6.30. The fraction of sp³-hybridized carbons (Fsp3) is 0.217. The van der Waals surface area contributed by atoms with Gasteiger partial charge in [0.2, 0.25) is 5.91 Å². The molecule has 0 saturated carbocycles. The van der Waals surface area contributed by atoms with E-state index in [1.54, 1.807) is 50.6 Å². The highest BCUT2D eigenvalue weighted by Crippen LogP contribution is 2.24. The molecular formula is C23H24ClN3O3. The summed E-state index contributed by atoms with van der Waals surface area (Å²) in [5, 5.41) is 3.11. The lowest BCUT2D eigenvalue weighted by Gasteiger charge is -2.19. The van der Waals surface area contributed by atoms with Gasteiger partial charge in [-0.3, -0.25) is 9.59 Å². The summed E-state index contributed by atoms with van der Waals surface area (Å²) in [7, 11) is 3.15. The third kappa shape index (κ3) is 4.66. The topological polar surface area (TPSA) is 63.6 Å². The fourth-order valence-electron chi connectivity index (χ4n) is 3.26. The molecule has 7 heteroatoms. The number of aromatic nitrogens is 1. The lowest BCUT2D eigenvalue weighted by Crippen LogP contribution is -2.35. The van der Waals surface area contributed by atoms with E-state index >= 15 is 0 Å². The van der Waals surface area contributed by atoms with E-state index in [0.717, 1.165) is 17.1 Å². The largest absolute Gasteiger partial charge is 0.497 e. The van der Waals surface area contributed by atoms with Gasteiger partial charge in [-0.15, -0.1) is 0 Å². The van der Waals surface area contributed by atoms with E-state index in [0.29, 0.717) is 22.0 Å². The number of halogens is 1. The molecule has 0 unspecified atom stereocenters. The van der Waals surface area contributed by atoms with Gasteiger partial charge in [-0.05, 0) is 68.4 Å². The van der Waals surface area contributed by atoms with E-state index in [9.17, 15) is 9.59 Å². The van der Waals surface area contributed by atoms with Gasteiger partial charge in [0.05, 0.1) is 24.2 Å². The second kappa shape index (κ2) is 9.05. The highest BCUT2D eigenvalue weighted by molar-refractivity contribution is 6.34. The number of rotatable bonds is 6. The molecule has 2 aromatic carbocycles. The van der Waals surface area contributed by atoms with Crippen molar-refractivity contribution in [2.75, 3.05) is 26.0 Å². The highest BCUT2D eigenvalue weighted by Gasteiger charge is 2.19. The van der Waals surface area contributed by atoms with Crippen LogP contribution in [0.5, 0.6) is 5.75 Å². The standard InChI is InChI=1S/C23H24ClN3O3/c1-15-5-6-16(2)27(15)18-9-12-21(24)20(13-18)23(29)26(3)14-22(28)25-17-7-10-19(30-4)11-8-17/h5-13H,14H2,1-4H3,(H,25,28). The minimum atomic E-state index is -0.325. The molecule has 0 bridgehead atoms. The van der Waals surface area contributed by atoms with Gasteiger partial charge in [0.1, 0.15) is 5.75 Å². The number of methoxy groups -OCH3 is 1. The Kier molecular flexibility index (Phi) is 6.47. The molecule has 1 N–H and O–H groups in total. The van der Waals surface area contributed by atoms with Crippen molar-refractivity contribution in [3.8, 4) is 11.4 Å². The average molecular weight is 426 g/mol. The number of hydrogen-bond donors (Lipinski definition) is 1. The molecule has 3 rings (SSSR count). The van der Waals surface area contributed by atoms with Crippen LogP contribution in [0.1, 0.15) is 21.7 Å². The van der Waals surface area contributed by atoms with Crippen LogP contribution in [0, 0.1) is 13.8 Å². The van der Waals surface area contributed by atoms with Gasteiger partial charge in [-0.2, -0.15) is 0 Å². The number of carbonyl (C=O) groups is 2. The number of benzene rings is 2. The predicted octanol–water partition coefficient (Wildman–Crippen LogP) is 4.47. The Labute approximate surface area is 181 Å². The van der Waals surface area contributed by atoms with Crippen LogP contribution >= 0.6 is 11.6 Å². The van der Waals surface area contributed by atoms with Crippen molar-refractivity contribution in [2.45, 2.75) is 13.8 Å². The first-order valence-corrected chi connectivity index (χ1v) is 9.82. The van der Waals surface area contributed by atoms with Crippen LogP contribution in [-0.2, 0) is 4.79 Å². The van der Waals surface area contributed by atoms with Gasteiger partial charge in [-0.25, -0.2) is 0 Å². The lowest BCUT2D eigenvalue weighted by molar-refractivity contribution is -0.116. The van der Waals surface area contributed by atoms with Crippen molar-refractivity contribution in [3.05, 3.63) is 76.6 Å². The third-order valence-electron chi connectivity index (χ3n) is 4.81. The van der Waals surface area contributed by atoms with E-state index < -0.39 is 0 Å². The molecule has 0 aliphatic rings. The zero-order valence-electron chi connectivity index (χ0n) is 17.4. The molecule has 0 aliphatic carbocycles. The van der Waals surface area contributed by atoms with E-state index in [4.69, 9.17) is 16.3 Å². The monoisotopic (exact) mass is 425 g/mol. The number of nitrogens with zero attached hydrogens (tertiary/aromatic N) is 2. The van der Waals surface area contributed by atoms with Gasteiger partial charge < -0.3 is 19.5 Å². The smallest absolute Gasteiger partial charge is 0.255 e. The number of nitrogens with one attached hydrogen (secondary N) is 1. The van der Waals surface area contributed by atoms with Crippen LogP contribution in [0.2, 0.25) is 5.02 Å². The van der Waals surface area contributed by atoms with Crippen LogP contribution in [-0.4, -0.2) is 42.0 Å². The summed E-state index contributed by atoms with van der Waals surface area (Å²) in [6.07, 6.45) is 0. The minimum absolute atomic E-state index is 0.104.